The molecule has 0 atom stereocenters. The standard InChI is InChI=1S/C19H25N3O3S/c20-16-15-12-7-3-1-4-8-13(12)26-17(15)22-14(21-16)11-25-18(23)19(24)9-5-2-6-10-19/h24H,1-11H2,(H2,20,21,22). The maximum absolute atomic E-state index is 12.3. The third-order valence-corrected chi connectivity index (χ3v) is 6.72. The van der Waals surface area contributed by atoms with Crippen LogP contribution in [-0.2, 0) is 29.0 Å². The molecule has 2 heterocycles. The Bertz CT molecular complexity index is 827. The second-order valence-corrected chi connectivity index (χ2v) is 8.52. The molecule has 26 heavy (non-hydrogen) atoms. The van der Waals surface area contributed by atoms with Gasteiger partial charge in [-0.2, -0.15) is 0 Å². The minimum absolute atomic E-state index is 0.0517. The van der Waals surface area contributed by atoms with Gasteiger partial charge < -0.3 is 15.6 Å². The summed E-state index contributed by atoms with van der Waals surface area (Å²) < 4.78 is 5.33. The fourth-order valence-electron chi connectivity index (χ4n) is 4.08. The van der Waals surface area contributed by atoms with Crippen molar-refractivity contribution < 1.29 is 14.6 Å². The summed E-state index contributed by atoms with van der Waals surface area (Å²) in [7, 11) is 0. The predicted octanol–water partition coefficient (Wildman–Crippen LogP) is 3.28. The SMILES string of the molecule is Nc1nc(COC(=O)C2(O)CCCCC2)nc2sc3c(c12)CCCCC3. The molecule has 0 saturated heterocycles. The number of nitrogens with two attached hydrogens (primary N) is 1. The minimum Gasteiger partial charge on any atom is -0.455 e. The summed E-state index contributed by atoms with van der Waals surface area (Å²) in [5, 5.41) is 11.4. The summed E-state index contributed by atoms with van der Waals surface area (Å²) in [5.41, 5.74) is 6.17. The van der Waals surface area contributed by atoms with E-state index in [1.807, 2.05) is 0 Å². The smallest absolute Gasteiger partial charge is 0.338 e. The van der Waals surface area contributed by atoms with E-state index in [4.69, 9.17) is 10.5 Å². The zero-order chi connectivity index (χ0) is 18.1. The van der Waals surface area contributed by atoms with Crippen molar-refractivity contribution in [3.8, 4) is 0 Å². The number of nitrogens with zero attached hydrogens (tertiary/aromatic N) is 2. The van der Waals surface area contributed by atoms with Gasteiger partial charge in [0.2, 0.25) is 0 Å². The summed E-state index contributed by atoms with van der Waals surface area (Å²) in [5.74, 6) is 0.303. The molecule has 6 nitrogen and oxygen atoms in total. The molecule has 0 radical (unpaired) electrons. The molecule has 0 unspecified atom stereocenters. The lowest BCUT2D eigenvalue weighted by atomic mass is 9.85. The number of nitrogen functional groups attached to an aromatic ring is 1. The molecule has 3 N–H and O–H groups in total. The van der Waals surface area contributed by atoms with E-state index >= 15 is 0 Å². The van der Waals surface area contributed by atoms with Crippen LogP contribution in [0.1, 0.15) is 67.6 Å². The number of carbonyl (C=O) groups excluding carboxylic acids is 1. The molecule has 0 spiro atoms. The van der Waals surface area contributed by atoms with Gasteiger partial charge in [0.05, 0.1) is 5.39 Å². The quantitative estimate of drug-likeness (QED) is 0.631. The Labute approximate surface area is 156 Å². The van der Waals surface area contributed by atoms with Crippen LogP contribution in [0.4, 0.5) is 5.82 Å². The van der Waals surface area contributed by atoms with Crippen LogP contribution in [0.15, 0.2) is 0 Å². The van der Waals surface area contributed by atoms with Gasteiger partial charge in [-0.1, -0.05) is 12.8 Å². The molecule has 1 fully saturated rings. The van der Waals surface area contributed by atoms with Gasteiger partial charge in [0.25, 0.3) is 0 Å². The van der Waals surface area contributed by atoms with Crippen LogP contribution in [0.25, 0.3) is 10.2 Å². The van der Waals surface area contributed by atoms with Gasteiger partial charge in [-0.15, -0.1) is 11.3 Å². The van der Waals surface area contributed by atoms with Crippen molar-refractivity contribution in [2.24, 2.45) is 0 Å². The van der Waals surface area contributed by atoms with E-state index in [1.165, 1.54) is 29.7 Å². The Hall–Kier alpha value is -1.73. The van der Waals surface area contributed by atoms with E-state index < -0.39 is 11.6 Å². The fraction of sp³-hybridized carbons (Fsp3) is 0.632. The van der Waals surface area contributed by atoms with E-state index in [9.17, 15) is 9.90 Å². The molecule has 2 aliphatic rings. The van der Waals surface area contributed by atoms with Gasteiger partial charge in [-0.25, -0.2) is 14.8 Å². The number of fused-ring (bicyclic) bond motifs is 3. The number of thiophene rings is 1. The third kappa shape index (κ3) is 3.30. The molecule has 2 aromatic rings. The first-order valence-corrected chi connectivity index (χ1v) is 10.3. The Balaban J connectivity index is 1.53. The van der Waals surface area contributed by atoms with E-state index in [0.717, 1.165) is 42.3 Å². The van der Waals surface area contributed by atoms with Crippen LogP contribution in [0, 0.1) is 0 Å². The number of hydrogen-bond donors (Lipinski definition) is 2. The number of aryl methyl sites for hydroxylation is 2. The molecule has 0 aliphatic heterocycles. The summed E-state index contributed by atoms with van der Waals surface area (Å²) in [6.45, 7) is -0.0517. The topological polar surface area (TPSA) is 98.3 Å². The molecule has 0 aromatic carbocycles. The number of carbonyl (C=O) groups is 1. The van der Waals surface area contributed by atoms with Crippen molar-refractivity contribution in [2.45, 2.75) is 76.4 Å². The van der Waals surface area contributed by atoms with Crippen molar-refractivity contribution in [3.05, 3.63) is 16.3 Å². The van der Waals surface area contributed by atoms with Crippen LogP contribution in [-0.4, -0.2) is 26.6 Å². The normalized spacial score (nSPS) is 19.7. The van der Waals surface area contributed by atoms with Gasteiger partial charge in [0.15, 0.2) is 18.0 Å². The highest BCUT2D eigenvalue weighted by Gasteiger charge is 2.38. The Morgan fingerprint density at radius 1 is 1.12 bits per heavy atom. The number of anilines is 1. The number of aliphatic hydroxyl groups is 1. The van der Waals surface area contributed by atoms with E-state index in [-0.39, 0.29) is 6.61 Å². The highest BCUT2D eigenvalue weighted by atomic mass is 32.1. The highest BCUT2D eigenvalue weighted by molar-refractivity contribution is 7.19. The van der Waals surface area contributed by atoms with E-state index in [0.29, 0.717) is 24.5 Å². The largest absolute Gasteiger partial charge is 0.455 e. The van der Waals surface area contributed by atoms with Gasteiger partial charge in [-0.05, 0) is 56.9 Å². The van der Waals surface area contributed by atoms with Crippen LogP contribution >= 0.6 is 11.3 Å². The molecule has 7 heteroatoms. The Morgan fingerprint density at radius 3 is 2.65 bits per heavy atom. The lowest BCUT2D eigenvalue weighted by molar-refractivity contribution is -0.170. The molecule has 0 amide bonds. The first-order valence-electron chi connectivity index (χ1n) is 9.53. The number of hydrogen-bond acceptors (Lipinski definition) is 7. The van der Waals surface area contributed by atoms with Crippen LogP contribution in [0.3, 0.4) is 0 Å². The first kappa shape index (κ1) is 17.7. The number of rotatable bonds is 3. The first-order chi connectivity index (χ1) is 12.6. The minimum atomic E-state index is -1.35. The van der Waals surface area contributed by atoms with Crippen LogP contribution < -0.4 is 5.73 Å². The van der Waals surface area contributed by atoms with Gasteiger partial charge in [-0.3, -0.25) is 0 Å². The Kier molecular flexibility index (Phi) is 4.84. The van der Waals surface area contributed by atoms with Crippen LogP contribution in [0.2, 0.25) is 0 Å². The number of esters is 1. The fourth-order valence-corrected chi connectivity index (χ4v) is 5.37. The molecule has 2 aliphatic carbocycles. The van der Waals surface area contributed by atoms with Crippen molar-refractivity contribution in [1.82, 2.24) is 9.97 Å². The van der Waals surface area contributed by atoms with Crippen molar-refractivity contribution >= 4 is 33.3 Å². The Morgan fingerprint density at radius 2 is 1.85 bits per heavy atom. The molecular weight excluding hydrogens is 350 g/mol. The molecule has 1 saturated carbocycles. The zero-order valence-electron chi connectivity index (χ0n) is 14.9. The summed E-state index contributed by atoms with van der Waals surface area (Å²) in [4.78, 5) is 23.5. The molecular formula is C19H25N3O3S. The maximum Gasteiger partial charge on any atom is 0.338 e. The predicted molar refractivity (Wildman–Crippen MR) is 101 cm³/mol. The number of ether oxygens (including phenoxy) is 1. The molecule has 4 rings (SSSR count). The number of aromatic nitrogens is 2. The monoisotopic (exact) mass is 375 g/mol. The van der Waals surface area contributed by atoms with E-state index in [2.05, 4.69) is 9.97 Å². The van der Waals surface area contributed by atoms with Gasteiger partial charge in [0, 0.05) is 4.88 Å². The third-order valence-electron chi connectivity index (χ3n) is 5.53. The molecule has 2 aromatic heterocycles. The second kappa shape index (κ2) is 7.12. The van der Waals surface area contributed by atoms with Crippen molar-refractivity contribution in [2.75, 3.05) is 5.73 Å². The average molecular weight is 375 g/mol. The summed E-state index contributed by atoms with van der Waals surface area (Å²) in [6.07, 6.45) is 9.42. The van der Waals surface area contributed by atoms with Gasteiger partial charge >= 0.3 is 5.97 Å². The van der Waals surface area contributed by atoms with Gasteiger partial charge in [0.1, 0.15) is 10.6 Å². The van der Waals surface area contributed by atoms with Crippen LogP contribution in [0.5, 0.6) is 0 Å². The maximum atomic E-state index is 12.3. The van der Waals surface area contributed by atoms with E-state index in [1.54, 1.807) is 11.3 Å². The highest BCUT2D eigenvalue weighted by Crippen LogP contribution is 2.37. The average Bonchev–Trinajstić information content (AvgIpc) is 2.82. The second-order valence-electron chi connectivity index (χ2n) is 7.44. The molecule has 0 bridgehead atoms. The summed E-state index contributed by atoms with van der Waals surface area (Å²) in [6, 6.07) is 0. The van der Waals surface area contributed by atoms with Crippen molar-refractivity contribution in [1.29, 1.82) is 0 Å². The van der Waals surface area contributed by atoms with Crippen molar-refractivity contribution in [3.63, 3.8) is 0 Å². The lowest BCUT2D eigenvalue weighted by Crippen LogP contribution is -2.41. The zero-order valence-corrected chi connectivity index (χ0v) is 15.7. The summed E-state index contributed by atoms with van der Waals surface area (Å²) >= 11 is 1.68. The molecule has 140 valence electrons. The lowest BCUT2D eigenvalue weighted by Gasteiger charge is -2.29.